The molecule has 0 amide bonds. The van der Waals surface area contributed by atoms with Crippen molar-refractivity contribution >= 4 is 27.3 Å². The quantitative estimate of drug-likeness (QED) is 0.360. The van der Waals surface area contributed by atoms with E-state index in [1.807, 2.05) is 6.92 Å². The number of anilines is 2. The zero-order valence-corrected chi connectivity index (χ0v) is 12.0. The number of hydrogen-bond acceptors (Lipinski definition) is 7. The number of pyridine rings is 1. The van der Waals surface area contributed by atoms with Gasteiger partial charge in [-0.05, 0) is 6.92 Å². The van der Waals surface area contributed by atoms with Crippen LogP contribution in [0.3, 0.4) is 0 Å². The molecule has 0 aliphatic carbocycles. The van der Waals surface area contributed by atoms with Crippen molar-refractivity contribution in [2.24, 2.45) is 0 Å². The molecular weight excluding hydrogens is 286 g/mol. The molecule has 1 aromatic rings. The van der Waals surface area contributed by atoms with Crippen LogP contribution in [0.25, 0.3) is 0 Å². The largest absolute Gasteiger partial charge is 0.370 e. The predicted molar refractivity (Wildman–Crippen MR) is 76.4 cm³/mol. The fourth-order valence-electron chi connectivity index (χ4n) is 1.41. The molecule has 0 radical (unpaired) electrons. The first-order chi connectivity index (χ1) is 9.31. The van der Waals surface area contributed by atoms with E-state index in [1.165, 1.54) is 12.1 Å². The van der Waals surface area contributed by atoms with Crippen LogP contribution in [0.4, 0.5) is 17.3 Å². The van der Waals surface area contributed by atoms with Gasteiger partial charge in [0.25, 0.3) is 5.69 Å². The van der Waals surface area contributed by atoms with Crippen molar-refractivity contribution < 1.29 is 13.3 Å². The lowest BCUT2D eigenvalue weighted by Crippen LogP contribution is -2.27. The summed E-state index contributed by atoms with van der Waals surface area (Å²) < 4.78 is 24.0. The van der Waals surface area contributed by atoms with E-state index in [4.69, 9.17) is 0 Å². The van der Waals surface area contributed by atoms with Gasteiger partial charge in [0.15, 0.2) is 0 Å². The topological polar surface area (TPSA) is 126 Å². The maximum atomic E-state index is 10.9. The summed E-state index contributed by atoms with van der Waals surface area (Å²) in [5.74, 6) is 0.700. The Bertz CT molecular complexity index is 575. The van der Waals surface area contributed by atoms with Crippen molar-refractivity contribution in [3.63, 3.8) is 0 Å². The summed E-state index contributed by atoms with van der Waals surface area (Å²) >= 11 is 0. The fraction of sp³-hybridized carbons (Fsp3) is 0.500. The molecular formula is C10H17N5O4S. The molecule has 0 aliphatic rings. The molecule has 0 aliphatic heterocycles. The van der Waals surface area contributed by atoms with Crippen LogP contribution in [0.5, 0.6) is 0 Å². The zero-order chi connectivity index (χ0) is 15.2. The Balaban J connectivity index is 2.71. The van der Waals surface area contributed by atoms with Gasteiger partial charge in [-0.3, -0.25) is 10.1 Å². The average molecular weight is 303 g/mol. The highest BCUT2D eigenvalue weighted by atomic mass is 32.2. The lowest BCUT2D eigenvalue weighted by atomic mass is 10.3. The van der Waals surface area contributed by atoms with Gasteiger partial charge in [-0.15, -0.1) is 0 Å². The van der Waals surface area contributed by atoms with Crippen molar-refractivity contribution in [2.45, 2.75) is 6.92 Å². The molecule has 112 valence electrons. The summed E-state index contributed by atoms with van der Waals surface area (Å²) in [7, 11) is -3.25. The van der Waals surface area contributed by atoms with E-state index in [1.54, 1.807) is 0 Å². The Hall–Kier alpha value is -1.94. The van der Waals surface area contributed by atoms with Crippen molar-refractivity contribution in [3.05, 3.63) is 22.2 Å². The normalized spacial score (nSPS) is 11.1. The second-order valence-corrected chi connectivity index (χ2v) is 5.81. The van der Waals surface area contributed by atoms with Gasteiger partial charge >= 0.3 is 0 Å². The smallest absolute Gasteiger partial charge is 0.276 e. The monoisotopic (exact) mass is 303 g/mol. The molecule has 0 saturated heterocycles. The van der Waals surface area contributed by atoms with Crippen molar-refractivity contribution in [1.29, 1.82) is 0 Å². The fourth-order valence-corrected chi connectivity index (χ4v) is 1.88. The summed E-state index contributed by atoms with van der Waals surface area (Å²) in [5.41, 5.74) is -0.0884. The summed E-state index contributed by atoms with van der Waals surface area (Å²) in [6.45, 7) is 2.87. The van der Waals surface area contributed by atoms with E-state index in [0.717, 1.165) is 6.26 Å². The highest BCUT2D eigenvalue weighted by Gasteiger charge is 2.10. The highest BCUT2D eigenvalue weighted by Crippen LogP contribution is 2.20. The van der Waals surface area contributed by atoms with Crippen LogP contribution >= 0.6 is 0 Å². The van der Waals surface area contributed by atoms with E-state index in [2.05, 4.69) is 20.3 Å². The van der Waals surface area contributed by atoms with E-state index in [9.17, 15) is 18.5 Å². The summed E-state index contributed by atoms with van der Waals surface area (Å²) in [6, 6.07) is 2.63. The molecule has 20 heavy (non-hydrogen) atoms. The molecule has 3 N–H and O–H groups in total. The molecule has 0 fully saturated rings. The van der Waals surface area contributed by atoms with Crippen molar-refractivity contribution in [1.82, 2.24) is 9.71 Å². The Morgan fingerprint density at radius 2 is 1.85 bits per heavy atom. The number of sulfonamides is 1. The number of rotatable bonds is 8. The van der Waals surface area contributed by atoms with Gasteiger partial charge in [0, 0.05) is 19.6 Å². The SMILES string of the molecule is CCNc1cc([N+](=O)[O-])cc(NCCNS(C)(=O)=O)n1. The first-order valence-corrected chi connectivity index (χ1v) is 7.80. The minimum absolute atomic E-state index is 0.0884. The van der Waals surface area contributed by atoms with Crippen LogP contribution in [0.15, 0.2) is 12.1 Å². The third-order valence-corrected chi connectivity index (χ3v) is 2.90. The van der Waals surface area contributed by atoms with Crippen molar-refractivity contribution in [3.8, 4) is 0 Å². The molecule has 1 aromatic heterocycles. The third kappa shape index (κ3) is 5.80. The standard InChI is InChI=1S/C10H17N5O4S/c1-3-11-9-6-8(15(16)17)7-10(14-9)12-4-5-13-20(2,18)19/h6-7,13H,3-5H2,1-2H3,(H2,11,12,14). The van der Waals surface area contributed by atoms with Gasteiger partial charge < -0.3 is 10.6 Å². The van der Waals surface area contributed by atoms with Gasteiger partial charge in [-0.1, -0.05) is 0 Å². The van der Waals surface area contributed by atoms with E-state index < -0.39 is 14.9 Å². The molecule has 0 spiro atoms. The second-order valence-electron chi connectivity index (χ2n) is 3.98. The first kappa shape index (κ1) is 16.1. The van der Waals surface area contributed by atoms with Gasteiger partial charge in [-0.2, -0.15) is 0 Å². The van der Waals surface area contributed by atoms with Crippen molar-refractivity contribution in [2.75, 3.05) is 36.5 Å². The Morgan fingerprint density at radius 3 is 2.35 bits per heavy atom. The summed E-state index contributed by atoms with van der Waals surface area (Å²) in [5, 5.41) is 16.5. The molecule has 1 heterocycles. The third-order valence-electron chi connectivity index (χ3n) is 2.17. The number of hydrogen-bond donors (Lipinski definition) is 3. The van der Waals surface area contributed by atoms with Gasteiger partial charge in [0.1, 0.15) is 11.6 Å². The van der Waals surface area contributed by atoms with Crippen LogP contribution in [-0.4, -0.2) is 44.2 Å². The minimum atomic E-state index is -3.25. The minimum Gasteiger partial charge on any atom is -0.370 e. The van der Waals surface area contributed by atoms with Crippen LogP contribution in [-0.2, 0) is 10.0 Å². The highest BCUT2D eigenvalue weighted by molar-refractivity contribution is 7.88. The summed E-state index contributed by atoms with van der Waals surface area (Å²) in [4.78, 5) is 14.4. The van der Waals surface area contributed by atoms with Gasteiger partial charge in [-0.25, -0.2) is 18.1 Å². The molecule has 0 aromatic carbocycles. The molecule has 0 saturated carbocycles. The molecule has 9 nitrogen and oxygen atoms in total. The lowest BCUT2D eigenvalue weighted by molar-refractivity contribution is -0.384. The predicted octanol–water partition coefficient (Wildman–Crippen LogP) is 0.383. The average Bonchev–Trinajstić information content (AvgIpc) is 2.33. The molecule has 1 rings (SSSR count). The Morgan fingerprint density at radius 1 is 1.25 bits per heavy atom. The van der Waals surface area contributed by atoms with Crippen LogP contribution < -0.4 is 15.4 Å². The second kappa shape index (κ2) is 7.01. The molecule has 0 atom stereocenters. The van der Waals surface area contributed by atoms with E-state index in [0.29, 0.717) is 18.2 Å². The molecule has 0 unspecified atom stereocenters. The maximum absolute atomic E-state index is 10.9. The first-order valence-electron chi connectivity index (χ1n) is 5.90. The van der Waals surface area contributed by atoms with E-state index in [-0.39, 0.29) is 18.8 Å². The van der Waals surface area contributed by atoms with Crippen LogP contribution in [0.1, 0.15) is 6.92 Å². The molecule has 10 heteroatoms. The van der Waals surface area contributed by atoms with Crippen LogP contribution in [0, 0.1) is 10.1 Å². The Kier molecular flexibility index (Phi) is 5.65. The number of nitro groups is 1. The number of aromatic nitrogens is 1. The number of nitrogens with zero attached hydrogens (tertiary/aromatic N) is 2. The van der Waals surface area contributed by atoms with Gasteiger partial charge in [0.2, 0.25) is 10.0 Å². The zero-order valence-electron chi connectivity index (χ0n) is 11.2. The Labute approximate surface area is 117 Å². The lowest BCUT2D eigenvalue weighted by Gasteiger charge is -2.08. The van der Waals surface area contributed by atoms with Crippen LogP contribution in [0.2, 0.25) is 0 Å². The summed E-state index contributed by atoms with van der Waals surface area (Å²) in [6.07, 6.45) is 1.06. The van der Waals surface area contributed by atoms with Gasteiger partial charge in [0.05, 0.1) is 23.3 Å². The number of nitrogens with one attached hydrogen (secondary N) is 3. The maximum Gasteiger partial charge on any atom is 0.276 e. The molecule has 0 bridgehead atoms. The van der Waals surface area contributed by atoms with E-state index >= 15 is 0 Å².